The Balaban J connectivity index is 1.63. The molecule has 0 spiro atoms. The number of rotatable bonds is 6. The zero-order chi connectivity index (χ0) is 19.1. The lowest BCUT2D eigenvalue weighted by Gasteiger charge is -2.14. The first-order chi connectivity index (χ1) is 13.2. The highest BCUT2D eigenvalue weighted by Crippen LogP contribution is 2.29. The second-order valence-corrected chi connectivity index (χ2v) is 5.99. The third-order valence-electron chi connectivity index (χ3n) is 3.75. The average Bonchev–Trinajstić information content (AvgIpc) is 2.70. The SMILES string of the molecule is COc1ccc(OC)c(NC(=S)Nc2ccc(Oc3ccccc3)cc2)c1. The van der Waals surface area contributed by atoms with E-state index >= 15 is 0 Å². The minimum Gasteiger partial charge on any atom is -0.497 e. The van der Waals surface area contributed by atoms with Gasteiger partial charge in [-0.1, -0.05) is 18.2 Å². The van der Waals surface area contributed by atoms with Gasteiger partial charge in [-0.25, -0.2) is 0 Å². The molecule has 6 heteroatoms. The van der Waals surface area contributed by atoms with Crippen molar-refractivity contribution in [3.8, 4) is 23.0 Å². The molecule has 0 amide bonds. The van der Waals surface area contributed by atoms with Crippen molar-refractivity contribution in [1.29, 1.82) is 0 Å². The van der Waals surface area contributed by atoms with E-state index in [1.807, 2.05) is 72.8 Å². The van der Waals surface area contributed by atoms with E-state index in [0.29, 0.717) is 16.6 Å². The van der Waals surface area contributed by atoms with E-state index in [9.17, 15) is 0 Å². The van der Waals surface area contributed by atoms with Crippen molar-refractivity contribution in [3.63, 3.8) is 0 Å². The number of hydrogen-bond donors (Lipinski definition) is 2. The van der Waals surface area contributed by atoms with E-state index in [4.69, 9.17) is 26.4 Å². The maximum atomic E-state index is 5.78. The van der Waals surface area contributed by atoms with Crippen molar-refractivity contribution in [1.82, 2.24) is 0 Å². The molecular weight excluding hydrogens is 360 g/mol. The van der Waals surface area contributed by atoms with Gasteiger partial charge in [0.2, 0.25) is 0 Å². The average molecular weight is 380 g/mol. The van der Waals surface area contributed by atoms with Crippen LogP contribution in [0.25, 0.3) is 0 Å². The second kappa shape index (κ2) is 8.91. The number of nitrogens with one attached hydrogen (secondary N) is 2. The van der Waals surface area contributed by atoms with Gasteiger partial charge < -0.3 is 24.8 Å². The Morgan fingerprint density at radius 2 is 1.41 bits per heavy atom. The Hall–Kier alpha value is -3.25. The van der Waals surface area contributed by atoms with Crippen molar-refractivity contribution < 1.29 is 14.2 Å². The summed E-state index contributed by atoms with van der Waals surface area (Å²) in [4.78, 5) is 0. The summed E-state index contributed by atoms with van der Waals surface area (Å²) in [7, 11) is 3.22. The fourth-order valence-corrected chi connectivity index (χ4v) is 2.66. The predicted molar refractivity (Wildman–Crippen MR) is 112 cm³/mol. The molecule has 0 radical (unpaired) electrons. The third kappa shape index (κ3) is 5.12. The molecule has 3 aromatic rings. The molecule has 27 heavy (non-hydrogen) atoms. The number of thiocarbonyl (C=S) groups is 1. The summed E-state index contributed by atoms with van der Waals surface area (Å²) in [5.41, 5.74) is 1.56. The van der Waals surface area contributed by atoms with Crippen molar-refractivity contribution in [2.45, 2.75) is 0 Å². The normalized spacial score (nSPS) is 10.0. The highest BCUT2D eigenvalue weighted by atomic mass is 32.1. The lowest BCUT2D eigenvalue weighted by Crippen LogP contribution is -2.19. The molecule has 0 aliphatic heterocycles. The molecule has 0 aromatic heterocycles. The van der Waals surface area contributed by atoms with Crippen LogP contribution < -0.4 is 24.8 Å². The fraction of sp³-hybridized carbons (Fsp3) is 0.0952. The number of anilines is 2. The van der Waals surface area contributed by atoms with Crippen LogP contribution in [0.5, 0.6) is 23.0 Å². The van der Waals surface area contributed by atoms with Crippen LogP contribution in [0.15, 0.2) is 72.8 Å². The maximum Gasteiger partial charge on any atom is 0.175 e. The van der Waals surface area contributed by atoms with Crippen LogP contribution >= 0.6 is 12.2 Å². The van der Waals surface area contributed by atoms with Crippen LogP contribution in [0.1, 0.15) is 0 Å². The molecule has 0 unspecified atom stereocenters. The van der Waals surface area contributed by atoms with Crippen LogP contribution in [-0.4, -0.2) is 19.3 Å². The molecule has 0 heterocycles. The van der Waals surface area contributed by atoms with Crippen molar-refractivity contribution in [2.75, 3.05) is 24.9 Å². The first kappa shape index (κ1) is 18.5. The zero-order valence-corrected chi connectivity index (χ0v) is 15.9. The molecule has 0 atom stereocenters. The minimum absolute atomic E-state index is 0.443. The van der Waals surface area contributed by atoms with Gasteiger partial charge in [0.25, 0.3) is 0 Å². The monoisotopic (exact) mass is 380 g/mol. The van der Waals surface area contributed by atoms with Gasteiger partial charge >= 0.3 is 0 Å². The Morgan fingerprint density at radius 1 is 0.741 bits per heavy atom. The van der Waals surface area contributed by atoms with Crippen LogP contribution in [0.4, 0.5) is 11.4 Å². The van der Waals surface area contributed by atoms with Crippen LogP contribution in [-0.2, 0) is 0 Å². The van der Waals surface area contributed by atoms with Gasteiger partial charge in [-0.15, -0.1) is 0 Å². The van der Waals surface area contributed by atoms with E-state index in [-0.39, 0.29) is 0 Å². The summed E-state index contributed by atoms with van der Waals surface area (Å²) in [5, 5.41) is 6.70. The van der Waals surface area contributed by atoms with Gasteiger partial charge in [0.05, 0.1) is 19.9 Å². The zero-order valence-electron chi connectivity index (χ0n) is 15.1. The Labute approximate surface area is 163 Å². The number of ether oxygens (including phenoxy) is 3. The lowest BCUT2D eigenvalue weighted by molar-refractivity contribution is 0.405. The molecular formula is C21H20N2O3S. The van der Waals surface area contributed by atoms with Crippen LogP contribution in [0.2, 0.25) is 0 Å². The van der Waals surface area contributed by atoms with Crippen LogP contribution in [0.3, 0.4) is 0 Å². The molecule has 0 fully saturated rings. The first-order valence-corrected chi connectivity index (χ1v) is 8.72. The summed E-state index contributed by atoms with van der Waals surface area (Å²) in [6, 6.07) is 22.7. The van der Waals surface area contributed by atoms with E-state index in [0.717, 1.165) is 22.9 Å². The Bertz CT molecular complexity index is 899. The van der Waals surface area contributed by atoms with Crippen molar-refractivity contribution in [3.05, 3.63) is 72.8 Å². The molecule has 0 aliphatic carbocycles. The topological polar surface area (TPSA) is 51.8 Å². The van der Waals surface area contributed by atoms with Gasteiger partial charge in [-0.05, 0) is 60.7 Å². The number of methoxy groups -OCH3 is 2. The summed E-state index contributed by atoms with van der Waals surface area (Å²) in [6.07, 6.45) is 0. The number of hydrogen-bond acceptors (Lipinski definition) is 4. The summed E-state index contributed by atoms with van der Waals surface area (Å²) < 4.78 is 16.4. The lowest BCUT2D eigenvalue weighted by atomic mass is 10.2. The molecule has 0 bridgehead atoms. The number of benzene rings is 3. The predicted octanol–water partition coefficient (Wildman–Crippen LogP) is 5.31. The molecule has 138 valence electrons. The van der Waals surface area contributed by atoms with Gasteiger partial charge in [0, 0.05) is 11.8 Å². The van der Waals surface area contributed by atoms with Gasteiger partial charge in [-0.3, -0.25) is 0 Å². The van der Waals surface area contributed by atoms with Crippen LogP contribution in [0, 0.1) is 0 Å². The van der Waals surface area contributed by atoms with E-state index in [1.54, 1.807) is 14.2 Å². The highest BCUT2D eigenvalue weighted by Gasteiger charge is 2.07. The summed E-state index contributed by atoms with van der Waals surface area (Å²) in [6.45, 7) is 0. The van der Waals surface area contributed by atoms with Crippen molar-refractivity contribution >= 4 is 28.7 Å². The number of para-hydroxylation sites is 1. The summed E-state index contributed by atoms with van der Waals surface area (Å²) in [5.74, 6) is 2.93. The molecule has 5 nitrogen and oxygen atoms in total. The van der Waals surface area contributed by atoms with Gasteiger partial charge in [0.1, 0.15) is 23.0 Å². The van der Waals surface area contributed by atoms with Gasteiger partial charge in [-0.2, -0.15) is 0 Å². The Kier molecular flexibility index (Phi) is 6.12. The molecule has 0 aliphatic rings. The molecule has 3 rings (SSSR count). The molecule has 3 aromatic carbocycles. The van der Waals surface area contributed by atoms with E-state index in [1.165, 1.54) is 0 Å². The molecule has 0 saturated carbocycles. The van der Waals surface area contributed by atoms with E-state index < -0.39 is 0 Å². The van der Waals surface area contributed by atoms with Crippen molar-refractivity contribution in [2.24, 2.45) is 0 Å². The largest absolute Gasteiger partial charge is 0.497 e. The maximum absolute atomic E-state index is 5.78. The second-order valence-electron chi connectivity index (χ2n) is 5.58. The molecule has 0 saturated heterocycles. The molecule has 2 N–H and O–H groups in total. The van der Waals surface area contributed by atoms with E-state index in [2.05, 4.69) is 10.6 Å². The summed E-state index contributed by atoms with van der Waals surface area (Å²) >= 11 is 5.39. The fourth-order valence-electron chi connectivity index (χ4n) is 2.43. The first-order valence-electron chi connectivity index (χ1n) is 8.31. The minimum atomic E-state index is 0.443. The smallest absolute Gasteiger partial charge is 0.175 e. The Morgan fingerprint density at radius 3 is 2.07 bits per heavy atom. The van der Waals surface area contributed by atoms with Gasteiger partial charge in [0.15, 0.2) is 5.11 Å². The highest BCUT2D eigenvalue weighted by molar-refractivity contribution is 7.80. The standard InChI is InChI=1S/C21H20N2O3S/c1-24-18-12-13-20(25-2)19(14-18)23-21(27)22-15-8-10-17(11-9-15)26-16-6-4-3-5-7-16/h3-14H,1-2H3,(H2,22,23,27). The third-order valence-corrected chi connectivity index (χ3v) is 3.95. The quantitative estimate of drug-likeness (QED) is 0.566.